The molecule has 0 bridgehead atoms. The Hall–Kier alpha value is -4.43. The van der Waals surface area contributed by atoms with Gasteiger partial charge in [-0.2, -0.15) is 4.72 Å². The zero-order valence-electron chi connectivity index (χ0n) is 27.8. The van der Waals surface area contributed by atoms with Gasteiger partial charge in [0.25, 0.3) is 5.89 Å². The molecule has 3 amide bonds. The van der Waals surface area contributed by atoms with Gasteiger partial charge in [0.1, 0.15) is 12.1 Å². The van der Waals surface area contributed by atoms with Gasteiger partial charge in [-0.15, -0.1) is 10.2 Å². The summed E-state index contributed by atoms with van der Waals surface area (Å²) < 4.78 is 34.2. The molecule has 14 heteroatoms. The van der Waals surface area contributed by atoms with Crippen LogP contribution in [0.25, 0.3) is 11.5 Å². The number of aromatic nitrogens is 2. The number of carbonyl (C=O) groups is 4. The van der Waals surface area contributed by atoms with Gasteiger partial charge in [0.15, 0.2) is 0 Å². The van der Waals surface area contributed by atoms with Crippen molar-refractivity contribution in [1.29, 1.82) is 0 Å². The third-order valence-corrected chi connectivity index (χ3v) is 8.39. The Balaban J connectivity index is 1.75. The Morgan fingerprint density at radius 3 is 2.09 bits per heavy atom. The summed E-state index contributed by atoms with van der Waals surface area (Å²) in [4.78, 5) is 52.7. The van der Waals surface area contributed by atoms with E-state index in [1.807, 2.05) is 40.7 Å². The highest BCUT2D eigenvalue weighted by Crippen LogP contribution is 2.19. The molecule has 4 N–H and O–H groups in total. The fourth-order valence-electron chi connectivity index (χ4n) is 4.33. The third kappa shape index (κ3) is 11.4. The first-order chi connectivity index (χ1) is 21.9. The normalized spacial score (nSPS) is 13.8. The first-order valence-corrected chi connectivity index (χ1v) is 16.8. The van der Waals surface area contributed by atoms with E-state index in [1.165, 1.54) is 19.1 Å². The molecule has 0 saturated heterocycles. The topological polar surface area (TPSA) is 189 Å². The van der Waals surface area contributed by atoms with Crippen molar-refractivity contribution in [2.24, 2.45) is 11.3 Å². The van der Waals surface area contributed by atoms with Gasteiger partial charge in [0, 0.05) is 12.1 Å². The summed E-state index contributed by atoms with van der Waals surface area (Å²) in [6, 6.07) is 11.1. The summed E-state index contributed by atoms with van der Waals surface area (Å²) in [5.41, 5.74) is 1.21. The quantitative estimate of drug-likeness (QED) is 0.176. The zero-order valence-corrected chi connectivity index (χ0v) is 28.6. The average Bonchev–Trinajstić information content (AvgIpc) is 3.49. The standard InChI is InChI=1S/C33H44N6O7S/c1-20(2)17-25(28(41)32-38-37-31(46-32)23-11-9-8-10-12-23)36-29(42)22(4)35-30(43)26(18-27(40)34-19-33(5,6)7)39-47(44,45)24-15-13-21(3)14-16-24/h8-16,20,22,25-26,39H,17-19H2,1-7H3,(H,34,40)(H,35,43)(H,36,42). The number of benzene rings is 2. The van der Waals surface area contributed by atoms with E-state index in [4.69, 9.17) is 4.42 Å². The van der Waals surface area contributed by atoms with Crippen molar-refractivity contribution in [3.63, 3.8) is 0 Å². The van der Waals surface area contributed by atoms with Gasteiger partial charge in [-0.05, 0) is 55.9 Å². The molecule has 2 aromatic carbocycles. The lowest BCUT2D eigenvalue weighted by molar-refractivity contribution is -0.131. The van der Waals surface area contributed by atoms with Crippen LogP contribution in [0.5, 0.6) is 0 Å². The van der Waals surface area contributed by atoms with Crippen molar-refractivity contribution in [2.75, 3.05) is 6.54 Å². The molecular weight excluding hydrogens is 624 g/mol. The SMILES string of the molecule is Cc1ccc(S(=O)(=O)NC(CC(=O)NCC(C)(C)C)C(=O)NC(C)C(=O)NC(CC(C)C)C(=O)c2nnc(-c3ccccc3)o2)cc1. The highest BCUT2D eigenvalue weighted by Gasteiger charge is 2.33. The van der Waals surface area contributed by atoms with Crippen LogP contribution in [0.2, 0.25) is 0 Å². The number of carbonyl (C=O) groups excluding carboxylic acids is 4. The second kappa shape index (κ2) is 15.9. The maximum absolute atomic E-state index is 13.4. The molecule has 0 fully saturated rings. The molecule has 47 heavy (non-hydrogen) atoms. The molecule has 3 rings (SSSR count). The number of ketones is 1. The van der Waals surface area contributed by atoms with Crippen LogP contribution in [0, 0.1) is 18.3 Å². The third-order valence-electron chi connectivity index (χ3n) is 6.90. The van der Waals surface area contributed by atoms with Crippen LogP contribution < -0.4 is 20.7 Å². The van der Waals surface area contributed by atoms with Crippen molar-refractivity contribution < 1.29 is 32.0 Å². The van der Waals surface area contributed by atoms with Crippen molar-refractivity contribution in [2.45, 2.75) is 84.3 Å². The lowest BCUT2D eigenvalue weighted by Crippen LogP contribution is -2.55. The molecule has 0 saturated carbocycles. The maximum Gasteiger partial charge on any atom is 0.286 e. The van der Waals surface area contributed by atoms with Gasteiger partial charge < -0.3 is 20.4 Å². The fourth-order valence-corrected chi connectivity index (χ4v) is 5.53. The van der Waals surface area contributed by atoms with Crippen LogP contribution in [-0.4, -0.2) is 66.8 Å². The van der Waals surface area contributed by atoms with E-state index < -0.39 is 58.1 Å². The number of Topliss-reactive ketones (excluding diaryl/α,β-unsaturated/α-hetero) is 1. The summed E-state index contributed by atoms with van der Waals surface area (Å²) in [7, 11) is -4.22. The van der Waals surface area contributed by atoms with E-state index in [1.54, 1.807) is 43.3 Å². The molecule has 13 nitrogen and oxygen atoms in total. The fraction of sp³-hybridized carbons (Fsp3) is 0.455. The van der Waals surface area contributed by atoms with E-state index in [2.05, 4.69) is 30.9 Å². The van der Waals surface area contributed by atoms with E-state index in [0.717, 1.165) is 5.56 Å². The summed E-state index contributed by atoms with van der Waals surface area (Å²) in [6.07, 6.45) is -0.280. The van der Waals surface area contributed by atoms with Gasteiger partial charge >= 0.3 is 0 Å². The monoisotopic (exact) mass is 668 g/mol. The lowest BCUT2D eigenvalue weighted by atomic mass is 9.97. The number of rotatable bonds is 15. The number of sulfonamides is 1. The predicted octanol–water partition coefficient (Wildman–Crippen LogP) is 3.16. The molecule has 1 aromatic heterocycles. The van der Waals surface area contributed by atoms with Gasteiger partial charge in [0.05, 0.1) is 17.4 Å². The largest absolute Gasteiger partial charge is 0.414 e. The number of hydrogen-bond acceptors (Lipinski definition) is 9. The Morgan fingerprint density at radius 2 is 1.49 bits per heavy atom. The molecule has 3 atom stereocenters. The summed E-state index contributed by atoms with van der Waals surface area (Å²) in [5.74, 6) is -2.91. The number of hydrogen-bond donors (Lipinski definition) is 4. The Kier molecular flexibility index (Phi) is 12.5. The Labute approximate surface area is 275 Å². The molecule has 0 aliphatic carbocycles. The highest BCUT2D eigenvalue weighted by atomic mass is 32.2. The summed E-state index contributed by atoms with van der Waals surface area (Å²) in [5, 5.41) is 15.7. The zero-order chi connectivity index (χ0) is 34.9. The van der Waals surface area contributed by atoms with Crippen LogP contribution in [0.15, 0.2) is 63.9 Å². The van der Waals surface area contributed by atoms with Gasteiger partial charge in [-0.25, -0.2) is 8.42 Å². The summed E-state index contributed by atoms with van der Waals surface area (Å²) >= 11 is 0. The van der Waals surface area contributed by atoms with Crippen molar-refractivity contribution in [3.8, 4) is 11.5 Å². The van der Waals surface area contributed by atoms with E-state index >= 15 is 0 Å². The van der Waals surface area contributed by atoms with Crippen LogP contribution >= 0.6 is 0 Å². The van der Waals surface area contributed by atoms with Crippen molar-refractivity contribution in [1.82, 2.24) is 30.9 Å². The number of nitrogens with zero attached hydrogens (tertiary/aromatic N) is 2. The van der Waals surface area contributed by atoms with E-state index in [9.17, 15) is 27.6 Å². The molecular formula is C33H44N6O7S. The molecule has 3 unspecified atom stereocenters. The van der Waals surface area contributed by atoms with E-state index in [-0.39, 0.29) is 34.4 Å². The van der Waals surface area contributed by atoms with Crippen LogP contribution in [-0.2, 0) is 24.4 Å². The molecule has 1 heterocycles. The molecule has 0 aliphatic heterocycles. The Morgan fingerprint density at radius 1 is 0.851 bits per heavy atom. The van der Waals surface area contributed by atoms with Gasteiger partial charge in [-0.3, -0.25) is 19.2 Å². The lowest BCUT2D eigenvalue weighted by Gasteiger charge is -2.24. The molecule has 254 valence electrons. The van der Waals surface area contributed by atoms with Crippen LogP contribution in [0.3, 0.4) is 0 Å². The minimum Gasteiger partial charge on any atom is -0.414 e. The highest BCUT2D eigenvalue weighted by molar-refractivity contribution is 7.89. The number of amides is 3. The molecule has 0 radical (unpaired) electrons. The van der Waals surface area contributed by atoms with Crippen LogP contribution in [0.4, 0.5) is 0 Å². The van der Waals surface area contributed by atoms with E-state index in [0.29, 0.717) is 12.1 Å². The first-order valence-electron chi connectivity index (χ1n) is 15.3. The van der Waals surface area contributed by atoms with Crippen LogP contribution in [0.1, 0.15) is 70.6 Å². The number of nitrogens with one attached hydrogen (secondary N) is 4. The molecule has 0 spiro atoms. The second-order valence-corrected chi connectivity index (χ2v) is 14.8. The minimum atomic E-state index is -4.22. The second-order valence-electron chi connectivity index (χ2n) is 13.1. The molecule has 0 aliphatic rings. The smallest absolute Gasteiger partial charge is 0.286 e. The van der Waals surface area contributed by atoms with Gasteiger partial charge in [0.2, 0.25) is 39.4 Å². The van der Waals surface area contributed by atoms with Gasteiger partial charge in [-0.1, -0.05) is 70.5 Å². The van der Waals surface area contributed by atoms with Crippen molar-refractivity contribution in [3.05, 3.63) is 66.1 Å². The predicted molar refractivity (Wildman–Crippen MR) is 175 cm³/mol. The minimum absolute atomic E-state index is 0.0159. The Bertz CT molecular complexity index is 1650. The summed E-state index contributed by atoms with van der Waals surface area (Å²) in [6.45, 7) is 13.0. The maximum atomic E-state index is 13.4. The number of aryl methyl sites for hydroxylation is 1. The van der Waals surface area contributed by atoms with Crippen molar-refractivity contribution >= 4 is 33.5 Å². The average molecular weight is 669 g/mol. The molecule has 3 aromatic rings. The first kappa shape index (κ1) is 37.0.